The van der Waals surface area contributed by atoms with E-state index in [0.717, 1.165) is 24.5 Å². The van der Waals surface area contributed by atoms with Gasteiger partial charge in [-0.2, -0.15) is 0 Å². The summed E-state index contributed by atoms with van der Waals surface area (Å²) < 4.78 is 4.84. The van der Waals surface area contributed by atoms with E-state index >= 15 is 0 Å². The third-order valence-corrected chi connectivity index (χ3v) is 3.52. The van der Waals surface area contributed by atoms with E-state index in [-0.39, 0.29) is 18.2 Å². The van der Waals surface area contributed by atoms with Gasteiger partial charge in [0.15, 0.2) is 0 Å². The first-order valence-corrected chi connectivity index (χ1v) is 7.56. The molecule has 1 aromatic heterocycles. The molecule has 2 atom stereocenters. The van der Waals surface area contributed by atoms with Crippen molar-refractivity contribution in [3.05, 3.63) is 23.9 Å². The third kappa shape index (κ3) is 4.09. The van der Waals surface area contributed by atoms with Gasteiger partial charge < -0.3 is 9.64 Å². The highest BCUT2D eigenvalue weighted by Crippen LogP contribution is 2.21. The van der Waals surface area contributed by atoms with Gasteiger partial charge in [-0.3, -0.25) is 4.90 Å². The molecule has 1 amide bonds. The molecule has 21 heavy (non-hydrogen) atoms. The van der Waals surface area contributed by atoms with Crippen LogP contribution in [0.25, 0.3) is 0 Å². The van der Waals surface area contributed by atoms with Gasteiger partial charge in [0, 0.05) is 19.3 Å². The summed E-state index contributed by atoms with van der Waals surface area (Å²) in [4.78, 5) is 20.2. The zero-order valence-corrected chi connectivity index (χ0v) is 14.0. The van der Waals surface area contributed by atoms with Crippen molar-refractivity contribution in [3.8, 4) is 0 Å². The lowest BCUT2D eigenvalue weighted by atomic mass is 10.1. The number of anilines is 1. The van der Waals surface area contributed by atoms with Crippen molar-refractivity contribution in [2.24, 2.45) is 0 Å². The molecule has 2 heterocycles. The molecule has 1 fully saturated rings. The number of pyridine rings is 1. The molecule has 2 unspecified atom stereocenters. The van der Waals surface area contributed by atoms with Gasteiger partial charge in [0.25, 0.3) is 0 Å². The van der Waals surface area contributed by atoms with E-state index in [0.29, 0.717) is 0 Å². The highest BCUT2D eigenvalue weighted by atomic mass is 16.5. The number of carbonyl (C=O) groups excluding carboxylic acids is 1. The Bertz CT molecular complexity index is 435. The minimum absolute atomic E-state index is 0.110. The molecule has 1 aliphatic rings. The molecule has 0 aliphatic carbocycles. The van der Waals surface area contributed by atoms with Gasteiger partial charge in [0.1, 0.15) is 5.82 Å². The van der Waals surface area contributed by atoms with Crippen molar-refractivity contribution in [3.63, 3.8) is 0 Å². The maximum atomic E-state index is 11.7. The number of methoxy groups -OCH3 is 1. The number of nitrogens with zero attached hydrogens (tertiary/aromatic N) is 3. The lowest BCUT2D eigenvalue weighted by molar-refractivity contribution is 0.0818. The fourth-order valence-corrected chi connectivity index (χ4v) is 2.62. The molecule has 0 aromatic carbocycles. The quantitative estimate of drug-likeness (QED) is 0.798. The molecule has 5 nitrogen and oxygen atoms in total. The second-order valence-electron chi connectivity index (χ2n) is 5.17. The Kier molecular flexibility index (Phi) is 6.46. The molecular formula is C16H27N3O2. The van der Waals surface area contributed by atoms with Gasteiger partial charge in [0.2, 0.25) is 0 Å². The molecule has 5 heteroatoms. The Morgan fingerprint density at radius 2 is 1.81 bits per heavy atom. The van der Waals surface area contributed by atoms with Crippen LogP contribution in [0.4, 0.5) is 10.6 Å². The Morgan fingerprint density at radius 1 is 1.24 bits per heavy atom. The van der Waals surface area contributed by atoms with Crippen LogP contribution < -0.4 is 4.90 Å². The van der Waals surface area contributed by atoms with Crippen LogP contribution in [0.3, 0.4) is 0 Å². The van der Waals surface area contributed by atoms with Gasteiger partial charge in [-0.05, 0) is 32.4 Å². The Hall–Kier alpha value is -1.78. The fourth-order valence-electron chi connectivity index (χ4n) is 2.62. The topological polar surface area (TPSA) is 45.7 Å². The van der Waals surface area contributed by atoms with E-state index in [1.165, 1.54) is 7.11 Å². The molecule has 1 saturated heterocycles. The number of carbonyl (C=O) groups is 1. The summed E-state index contributed by atoms with van der Waals surface area (Å²) in [5.41, 5.74) is 1.15. The van der Waals surface area contributed by atoms with Crippen molar-refractivity contribution < 1.29 is 9.53 Å². The number of ether oxygens (including phenoxy) is 1. The van der Waals surface area contributed by atoms with E-state index < -0.39 is 0 Å². The lowest BCUT2D eigenvalue weighted by Crippen LogP contribution is -2.58. The fraction of sp³-hybridized carbons (Fsp3) is 0.625. The van der Waals surface area contributed by atoms with E-state index in [1.54, 1.807) is 4.90 Å². The summed E-state index contributed by atoms with van der Waals surface area (Å²) in [6, 6.07) is 4.31. The molecule has 2 rings (SSSR count). The van der Waals surface area contributed by atoms with Crippen LogP contribution in [-0.4, -0.2) is 48.3 Å². The van der Waals surface area contributed by atoms with Crippen LogP contribution in [-0.2, 0) is 4.74 Å². The van der Waals surface area contributed by atoms with Crippen LogP contribution in [0.1, 0.15) is 33.3 Å². The van der Waals surface area contributed by atoms with Gasteiger partial charge in [-0.1, -0.05) is 19.9 Å². The first-order chi connectivity index (χ1) is 10.0. The van der Waals surface area contributed by atoms with Crippen molar-refractivity contribution in [2.75, 3.05) is 25.1 Å². The average molecular weight is 293 g/mol. The van der Waals surface area contributed by atoms with E-state index in [1.807, 2.05) is 46.9 Å². The minimum Gasteiger partial charge on any atom is -0.453 e. The number of rotatable bonds is 1. The van der Waals surface area contributed by atoms with Crippen LogP contribution in [0.5, 0.6) is 0 Å². The van der Waals surface area contributed by atoms with Crippen molar-refractivity contribution in [2.45, 2.75) is 46.7 Å². The number of aromatic nitrogens is 1. The number of hydrogen-bond acceptors (Lipinski definition) is 4. The standard InChI is InChI=1S/C14H21N3O2.C2H6/c1-10-5-6-13(15-7-10)16-8-11(2)17(12(3)9-16)14(18)19-4;1-2/h5-7,11-12H,8-9H2,1-4H3;1-2H3. The predicted molar refractivity (Wildman–Crippen MR) is 85.7 cm³/mol. The lowest BCUT2D eigenvalue weighted by Gasteiger charge is -2.43. The van der Waals surface area contributed by atoms with Gasteiger partial charge >= 0.3 is 6.09 Å². The molecular weight excluding hydrogens is 266 g/mol. The summed E-state index contributed by atoms with van der Waals surface area (Å²) in [7, 11) is 1.43. The summed E-state index contributed by atoms with van der Waals surface area (Å²) in [5, 5.41) is 0. The Morgan fingerprint density at radius 3 is 2.24 bits per heavy atom. The summed E-state index contributed by atoms with van der Waals surface area (Å²) >= 11 is 0. The number of amides is 1. The van der Waals surface area contributed by atoms with Gasteiger partial charge in [-0.25, -0.2) is 9.78 Å². The molecule has 1 aromatic rings. The highest BCUT2D eigenvalue weighted by Gasteiger charge is 2.33. The normalized spacial score (nSPS) is 21.4. The molecule has 0 N–H and O–H groups in total. The van der Waals surface area contributed by atoms with E-state index in [2.05, 4.69) is 16.0 Å². The smallest absolute Gasteiger partial charge is 0.410 e. The van der Waals surface area contributed by atoms with Crippen LogP contribution >= 0.6 is 0 Å². The molecule has 1 aliphatic heterocycles. The number of aryl methyl sites for hydroxylation is 1. The molecule has 0 spiro atoms. The predicted octanol–water partition coefficient (Wildman–Crippen LogP) is 3.08. The molecule has 118 valence electrons. The zero-order valence-electron chi connectivity index (χ0n) is 14.0. The van der Waals surface area contributed by atoms with Crippen molar-refractivity contribution in [1.82, 2.24) is 9.88 Å². The van der Waals surface area contributed by atoms with Crippen LogP contribution in [0.2, 0.25) is 0 Å². The number of piperazine rings is 1. The van der Waals surface area contributed by atoms with Crippen LogP contribution in [0, 0.1) is 6.92 Å². The van der Waals surface area contributed by atoms with Crippen LogP contribution in [0.15, 0.2) is 18.3 Å². The third-order valence-electron chi connectivity index (χ3n) is 3.52. The minimum atomic E-state index is -0.253. The summed E-state index contributed by atoms with van der Waals surface area (Å²) in [6.07, 6.45) is 1.62. The van der Waals surface area contributed by atoms with Crippen molar-refractivity contribution in [1.29, 1.82) is 0 Å². The maximum absolute atomic E-state index is 11.7. The van der Waals surface area contributed by atoms with Gasteiger partial charge in [0.05, 0.1) is 19.2 Å². The van der Waals surface area contributed by atoms with E-state index in [4.69, 9.17) is 4.74 Å². The molecule has 0 bridgehead atoms. The van der Waals surface area contributed by atoms with Gasteiger partial charge in [-0.15, -0.1) is 0 Å². The molecule has 0 saturated carbocycles. The zero-order chi connectivity index (χ0) is 16.0. The average Bonchev–Trinajstić information content (AvgIpc) is 2.49. The van der Waals surface area contributed by atoms with E-state index in [9.17, 15) is 4.79 Å². The second-order valence-corrected chi connectivity index (χ2v) is 5.17. The first-order valence-electron chi connectivity index (χ1n) is 7.56. The maximum Gasteiger partial charge on any atom is 0.410 e. The second kappa shape index (κ2) is 7.86. The first kappa shape index (κ1) is 17.3. The SMILES string of the molecule is CC.COC(=O)N1C(C)CN(c2ccc(C)cn2)CC1C. The Labute approximate surface area is 127 Å². The monoisotopic (exact) mass is 293 g/mol. The summed E-state index contributed by atoms with van der Waals surface area (Å²) in [6.45, 7) is 11.6. The summed E-state index contributed by atoms with van der Waals surface area (Å²) in [5.74, 6) is 0.966. The molecule has 0 radical (unpaired) electrons. The number of hydrogen-bond donors (Lipinski definition) is 0. The highest BCUT2D eigenvalue weighted by molar-refractivity contribution is 5.69. The Balaban J connectivity index is 0.00000106. The van der Waals surface area contributed by atoms with Crippen molar-refractivity contribution >= 4 is 11.9 Å². The largest absolute Gasteiger partial charge is 0.453 e.